The summed E-state index contributed by atoms with van der Waals surface area (Å²) in [5, 5.41) is 25.5. The van der Waals surface area contributed by atoms with Crippen LogP contribution >= 0.6 is 0 Å². The van der Waals surface area contributed by atoms with Gasteiger partial charge in [-0.05, 0) is 24.6 Å². The molecule has 3 atom stereocenters. The molecule has 0 bridgehead atoms. The molecule has 0 unspecified atom stereocenters. The molecule has 0 spiro atoms. The molecule has 5 rings (SSSR count). The van der Waals surface area contributed by atoms with E-state index in [0.29, 0.717) is 5.69 Å². The van der Waals surface area contributed by atoms with Crippen molar-refractivity contribution in [1.82, 2.24) is 9.78 Å². The van der Waals surface area contributed by atoms with E-state index >= 15 is 0 Å². The predicted octanol–water partition coefficient (Wildman–Crippen LogP) is 2.79. The monoisotopic (exact) mass is 406 g/mol. The number of amidine groups is 1. The van der Waals surface area contributed by atoms with Gasteiger partial charge >= 0.3 is 0 Å². The van der Waals surface area contributed by atoms with Crippen molar-refractivity contribution in [2.75, 3.05) is 0 Å². The number of nitriles is 2. The third-order valence-electron chi connectivity index (χ3n) is 6.56. The lowest BCUT2D eigenvalue weighted by atomic mass is 9.51. The Balaban J connectivity index is 1.88. The number of benzene rings is 2. The van der Waals surface area contributed by atoms with E-state index in [0.717, 1.165) is 22.5 Å². The lowest BCUT2D eigenvalue weighted by Crippen LogP contribution is -2.55. The molecular formula is C24H18N6O. The lowest BCUT2D eigenvalue weighted by Gasteiger charge is -2.43. The SMILES string of the molecule is Cc1c2c(nn1-c1ccccc1)C[C@@]1(C#N)C(=O)N=C(N)[C@]1(C#N)[C@@H]2c1ccccc1. The molecule has 0 saturated carbocycles. The van der Waals surface area contributed by atoms with E-state index in [4.69, 9.17) is 10.8 Å². The molecule has 3 aromatic rings. The third-order valence-corrected chi connectivity index (χ3v) is 6.56. The summed E-state index contributed by atoms with van der Waals surface area (Å²) >= 11 is 0. The average molecular weight is 406 g/mol. The van der Waals surface area contributed by atoms with Crippen LogP contribution < -0.4 is 5.73 Å². The zero-order valence-corrected chi connectivity index (χ0v) is 16.8. The summed E-state index contributed by atoms with van der Waals surface area (Å²) in [5.74, 6) is -1.43. The first-order valence-corrected chi connectivity index (χ1v) is 9.90. The highest BCUT2D eigenvalue weighted by molar-refractivity contribution is 6.12. The molecule has 1 aliphatic heterocycles. The van der Waals surface area contributed by atoms with Gasteiger partial charge in [-0.1, -0.05) is 48.5 Å². The minimum Gasteiger partial charge on any atom is -0.386 e. The van der Waals surface area contributed by atoms with Crippen LogP contribution in [0.1, 0.15) is 28.4 Å². The van der Waals surface area contributed by atoms with Crippen LogP contribution in [0, 0.1) is 40.4 Å². The Hall–Kier alpha value is -4.23. The second-order valence-corrected chi connectivity index (χ2v) is 7.95. The third kappa shape index (κ3) is 2.18. The molecule has 1 amide bonds. The van der Waals surface area contributed by atoms with E-state index in [9.17, 15) is 15.3 Å². The molecule has 150 valence electrons. The molecule has 2 N–H and O–H groups in total. The first-order chi connectivity index (χ1) is 15.0. The number of aliphatic imine (C=N–C) groups is 1. The van der Waals surface area contributed by atoms with E-state index in [1.165, 1.54) is 0 Å². The van der Waals surface area contributed by atoms with Crippen LogP contribution in [0.4, 0.5) is 0 Å². The topological polar surface area (TPSA) is 121 Å². The highest BCUT2D eigenvalue weighted by Gasteiger charge is 2.71. The van der Waals surface area contributed by atoms with Gasteiger partial charge in [-0.3, -0.25) is 4.79 Å². The molecule has 2 aromatic carbocycles. The van der Waals surface area contributed by atoms with Crippen LogP contribution in [0.25, 0.3) is 5.69 Å². The van der Waals surface area contributed by atoms with Crippen LogP contribution in [0.3, 0.4) is 0 Å². The normalized spacial score (nSPS) is 26.4. The fourth-order valence-corrected chi connectivity index (χ4v) is 5.11. The van der Waals surface area contributed by atoms with Crippen molar-refractivity contribution >= 4 is 11.7 Å². The number of hydrogen-bond acceptors (Lipinski definition) is 5. The summed E-state index contributed by atoms with van der Waals surface area (Å²) in [6.07, 6.45) is -0.0145. The number of nitrogens with two attached hydrogens (primary N) is 1. The van der Waals surface area contributed by atoms with E-state index in [1.807, 2.05) is 67.6 Å². The number of amides is 1. The fraction of sp³-hybridized carbons (Fsp3) is 0.208. The maximum absolute atomic E-state index is 13.0. The molecule has 7 heteroatoms. The van der Waals surface area contributed by atoms with Crippen molar-refractivity contribution in [3.63, 3.8) is 0 Å². The summed E-state index contributed by atoms with van der Waals surface area (Å²) in [7, 11) is 0. The molecule has 2 aliphatic rings. The molecule has 0 saturated heterocycles. The van der Waals surface area contributed by atoms with Gasteiger partial charge in [-0.25, -0.2) is 4.68 Å². The second kappa shape index (κ2) is 6.38. The number of carbonyl (C=O) groups is 1. The highest BCUT2D eigenvalue weighted by Crippen LogP contribution is 2.61. The van der Waals surface area contributed by atoms with Crippen molar-refractivity contribution in [1.29, 1.82) is 10.5 Å². The molecule has 0 fully saturated rings. The van der Waals surface area contributed by atoms with Gasteiger partial charge in [0.1, 0.15) is 5.84 Å². The standard InChI is InChI=1S/C24H18N6O/c1-15-19-18(29-30(15)17-10-6-3-7-11-17)12-23(13-25)22(31)28-21(27)24(23,14-26)20(19)16-8-4-2-5-9-16/h2-11,20H,12H2,1H3,(H2,27,28,31)/t20-,23-,24+/m1/s1. The zero-order valence-electron chi connectivity index (χ0n) is 16.8. The van der Waals surface area contributed by atoms with Crippen LogP contribution in [0.5, 0.6) is 0 Å². The zero-order chi connectivity index (χ0) is 21.8. The summed E-state index contributed by atoms with van der Waals surface area (Å²) < 4.78 is 1.80. The van der Waals surface area contributed by atoms with E-state index < -0.39 is 22.7 Å². The van der Waals surface area contributed by atoms with Gasteiger partial charge in [0, 0.05) is 23.6 Å². The Labute approximate surface area is 179 Å². The Morgan fingerprint density at radius 2 is 1.71 bits per heavy atom. The summed E-state index contributed by atoms with van der Waals surface area (Å²) in [6, 6.07) is 23.4. The number of fused-ring (bicyclic) bond motifs is 2. The largest absolute Gasteiger partial charge is 0.386 e. The number of aromatic nitrogens is 2. The highest BCUT2D eigenvalue weighted by atomic mass is 16.2. The van der Waals surface area contributed by atoms with Crippen LogP contribution in [0.2, 0.25) is 0 Å². The maximum Gasteiger partial charge on any atom is 0.270 e. The first kappa shape index (κ1) is 18.8. The molecule has 7 nitrogen and oxygen atoms in total. The van der Waals surface area contributed by atoms with Gasteiger partial charge in [-0.15, -0.1) is 0 Å². The minimum atomic E-state index is -1.72. The predicted molar refractivity (Wildman–Crippen MR) is 113 cm³/mol. The quantitative estimate of drug-likeness (QED) is 0.701. The Morgan fingerprint density at radius 3 is 2.32 bits per heavy atom. The summed E-state index contributed by atoms with van der Waals surface area (Å²) in [4.78, 5) is 17.0. The fourth-order valence-electron chi connectivity index (χ4n) is 5.11. The van der Waals surface area contributed by atoms with Crippen molar-refractivity contribution in [2.24, 2.45) is 21.6 Å². The lowest BCUT2D eigenvalue weighted by molar-refractivity contribution is -0.126. The Kier molecular flexibility index (Phi) is 3.87. The van der Waals surface area contributed by atoms with Crippen molar-refractivity contribution in [3.05, 3.63) is 83.2 Å². The Morgan fingerprint density at radius 1 is 1.06 bits per heavy atom. The number of hydrogen-bond donors (Lipinski definition) is 1. The summed E-state index contributed by atoms with van der Waals surface area (Å²) in [5.41, 5.74) is 6.84. The van der Waals surface area contributed by atoms with Gasteiger partial charge < -0.3 is 5.73 Å². The average Bonchev–Trinajstić information content (AvgIpc) is 3.24. The minimum absolute atomic E-state index is 0.0145. The smallest absolute Gasteiger partial charge is 0.270 e. The summed E-state index contributed by atoms with van der Waals surface area (Å²) in [6.45, 7) is 1.93. The number of rotatable bonds is 2. The molecule has 0 radical (unpaired) electrons. The maximum atomic E-state index is 13.0. The van der Waals surface area contributed by atoms with E-state index in [1.54, 1.807) is 4.68 Å². The van der Waals surface area contributed by atoms with Gasteiger partial charge in [0.05, 0.1) is 23.5 Å². The molecular weight excluding hydrogens is 388 g/mol. The van der Waals surface area contributed by atoms with Crippen LogP contribution in [-0.2, 0) is 11.2 Å². The molecule has 1 aliphatic carbocycles. The number of nitrogens with zero attached hydrogens (tertiary/aromatic N) is 5. The van der Waals surface area contributed by atoms with Gasteiger partial charge in [-0.2, -0.15) is 20.6 Å². The Bertz CT molecular complexity index is 1330. The van der Waals surface area contributed by atoms with Crippen LogP contribution in [0.15, 0.2) is 65.7 Å². The molecule has 1 aromatic heterocycles. The molecule has 31 heavy (non-hydrogen) atoms. The van der Waals surface area contributed by atoms with E-state index in [2.05, 4.69) is 17.1 Å². The van der Waals surface area contributed by atoms with Crippen molar-refractivity contribution in [3.8, 4) is 17.8 Å². The first-order valence-electron chi connectivity index (χ1n) is 9.90. The van der Waals surface area contributed by atoms with E-state index in [-0.39, 0.29) is 12.3 Å². The number of para-hydroxylation sites is 1. The number of carbonyl (C=O) groups excluding carboxylic acids is 1. The van der Waals surface area contributed by atoms with Crippen LogP contribution in [-0.4, -0.2) is 21.5 Å². The molecule has 2 heterocycles. The van der Waals surface area contributed by atoms with Crippen molar-refractivity contribution < 1.29 is 4.79 Å². The van der Waals surface area contributed by atoms with Crippen molar-refractivity contribution in [2.45, 2.75) is 19.3 Å². The second-order valence-electron chi connectivity index (χ2n) is 7.95. The van der Waals surface area contributed by atoms with Gasteiger partial charge in [0.2, 0.25) is 0 Å². The van der Waals surface area contributed by atoms with Gasteiger partial charge in [0.25, 0.3) is 5.91 Å². The van der Waals surface area contributed by atoms with Gasteiger partial charge in [0.15, 0.2) is 10.8 Å².